The molecule has 0 spiro atoms. The van der Waals surface area contributed by atoms with Crippen molar-refractivity contribution < 1.29 is 4.79 Å². The number of piperidine rings is 1. The van der Waals surface area contributed by atoms with Crippen LogP contribution in [0.3, 0.4) is 0 Å². The highest BCUT2D eigenvalue weighted by atomic mass is 16.1. The minimum absolute atomic E-state index is 0.220. The third-order valence-electron chi connectivity index (χ3n) is 5.40. The van der Waals surface area contributed by atoms with Gasteiger partial charge in [-0.05, 0) is 68.2 Å². The molecule has 3 rings (SSSR count). The normalized spacial score (nSPS) is 23.6. The number of aryl methyl sites for hydroxylation is 1. The summed E-state index contributed by atoms with van der Waals surface area (Å²) in [5.41, 5.74) is 2.74. The first-order valence-electron chi connectivity index (χ1n) is 8.82. The molecule has 2 atom stereocenters. The summed E-state index contributed by atoms with van der Waals surface area (Å²) in [4.78, 5) is 12.4. The SMILES string of the molecule is CC(CC(=O)NC1CCCc2ccccc21)C1CCNCC1. The molecule has 1 aliphatic heterocycles. The molecule has 1 aliphatic carbocycles. The monoisotopic (exact) mass is 300 g/mol. The van der Waals surface area contributed by atoms with Gasteiger partial charge in [0.2, 0.25) is 5.91 Å². The van der Waals surface area contributed by atoms with Crippen molar-refractivity contribution in [2.24, 2.45) is 11.8 Å². The zero-order valence-electron chi connectivity index (χ0n) is 13.6. The van der Waals surface area contributed by atoms with E-state index in [1.165, 1.54) is 30.4 Å². The Labute approximate surface area is 133 Å². The number of rotatable bonds is 4. The smallest absolute Gasteiger partial charge is 0.220 e. The van der Waals surface area contributed by atoms with E-state index in [0.29, 0.717) is 18.3 Å². The topological polar surface area (TPSA) is 41.1 Å². The predicted octanol–water partition coefficient (Wildman–Crippen LogP) is 3.21. The van der Waals surface area contributed by atoms with Crippen LogP contribution in [0.2, 0.25) is 0 Å². The highest BCUT2D eigenvalue weighted by Gasteiger charge is 2.25. The lowest BCUT2D eigenvalue weighted by Gasteiger charge is -2.30. The molecule has 1 saturated heterocycles. The van der Waals surface area contributed by atoms with E-state index in [1.807, 2.05) is 0 Å². The van der Waals surface area contributed by atoms with E-state index < -0.39 is 0 Å². The van der Waals surface area contributed by atoms with Gasteiger partial charge in [-0.3, -0.25) is 4.79 Å². The molecule has 0 aromatic heterocycles. The Morgan fingerprint density at radius 1 is 1.27 bits per heavy atom. The Morgan fingerprint density at radius 3 is 2.86 bits per heavy atom. The van der Waals surface area contributed by atoms with Gasteiger partial charge in [0, 0.05) is 6.42 Å². The number of amides is 1. The van der Waals surface area contributed by atoms with E-state index in [9.17, 15) is 4.79 Å². The quantitative estimate of drug-likeness (QED) is 0.896. The summed E-state index contributed by atoms with van der Waals surface area (Å²) in [6.45, 7) is 4.45. The highest BCUT2D eigenvalue weighted by Crippen LogP contribution is 2.30. The van der Waals surface area contributed by atoms with Crippen LogP contribution in [0.1, 0.15) is 56.2 Å². The summed E-state index contributed by atoms with van der Waals surface area (Å²) < 4.78 is 0. The van der Waals surface area contributed by atoms with Crippen molar-refractivity contribution in [1.82, 2.24) is 10.6 Å². The zero-order chi connectivity index (χ0) is 15.4. The Morgan fingerprint density at radius 2 is 2.05 bits per heavy atom. The number of fused-ring (bicyclic) bond motifs is 1. The molecule has 1 aromatic carbocycles. The van der Waals surface area contributed by atoms with Crippen LogP contribution in [0.25, 0.3) is 0 Å². The molecule has 2 N–H and O–H groups in total. The van der Waals surface area contributed by atoms with Crippen molar-refractivity contribution >= 4 is 5.91 Å². The van der Waals surface area contributed by atoms with Gasteiger partial charge in [0.25, 0.3) is 0 Å². The van der Waals surface area contributed by atoms with E-state index in [2.05, 4.69) is 41.8 Å². The van der Waals surface area contributed by atoms with Gasteiger partial charge in [-0.1, -0.05) is 31.2 Å². The number of carbonyl (C=O) groups excluding carboxylic acids is 1. The zero-order valence-corrected chi connectivity index (χ0v) is 13.6. The van der Waals surface area contributed by atoms with Crippen molar-refractivity contribution in [2.75, 3.05) is 13.1 Å². The first-order chi connectivity index (χ1) is 10.7. The lowest BCUT2D eigenvalue weighted by atomic mass is 9.83. The van der Waals surface area contributed by atoms with Crippen molar-refractivity contribution in [1.29, 1.82) is 0 Å². The van der Waals surface area contributed by atoms with Gasteiger partial charge < -0.3 is 10.6 Å². The molecule has 2 aliphatic rings. The molecule has 0 bridgehead atoms. The Hall–Kier alpha value is -1.35. The van der Waals surface area contributed by atoms with Crippen molar-refractivity contribution in [3.05, 3.63) is 35.4 Å². The molecule has 2 unspecified atom stereocenters. The lowest BCUT2D eigenvalue weighted by Crippen LogP contribution is -2.35. The van der Waals surface area contributed by atoms with Crippen LogP contribution >= 0.6 is 0 Å². The minimum Gasteiger partial charge on any atom is -0.349 e. The molecular weight excluding hydrogens is 272 g/mol. The largest absolute Gasteiger partial charge is 0.349 e. The summed E-state index contributed by atoms with van der Waals surface area (Å²) in [5, 5.41) is 6.69. The maximum atomic E-state index is 12.4. The Balaban J connectivity index is 1.56. The van der Waals surface area contributed by atoms with Gasteiger partial charge in [-0.2, -0.15) is 0 Å². The highest BCUT2D eigenvalue weighted by molar-refractivity contribution is 5.76. The fourth-order valence-corrected chi connectivity index (χ4v) is 4.03. The fraction of sp³-hybridized carbons (Fsp3) is 0.632. The van der Waals surface area contributed by atoms with E-state index >= 15 is 0 Å². The third kappa shape index (κ3) is 3.70. The van der Waals surface area contributed by atoms with Crippen LogP contribution in [0, 0.1) is 11.8 Å². The summed E-state index contributed by atoms with van der Waals surface area (Å²) in [6.07, 6.45) is 6.48. The van der Waals surface area contributed by atoms with E-state index in [-0.39, 0.29) is 11.9 Å². The summed E-state index contributed by atoms with van der Waals surface area (Å²) in [5.74, 6) is 1.42. The molecule has 22 heavy (non-hydrogen) atoms. The Bertz CT molecular complexity index is 508. The van der Waals surface area contributed by atoms with Crippen LogP contribution < -0.4 is 10.6 Å². The molecule has 3 heteroatoms. The van der Waals surface area contributed by atoms with Crippen LogP contribution in [0.15, 0.2) is 24.3 Å². The standard InChI is InChI=1S/C19H28N2O/c1-14(15-9-11-20-12-10-15)13-19(22)21-18-8-4-6-16-5-2-3-7-17(16)18/h2-3,5,7,14-15,18,20H,4,6,8-13H2,1H3,(H,21,22). The predicted molar refractivity (Wildman–Crippen MR) is 89.6 cm³/mol. The number of nitrogens with one attached hydrogen (secondary N) is 2. The first-order valence-corrected chi connectivity index (χ1v) is 8.82. The van der Waals surface area contributed by atoms with Gasteiger partial charge >= 0.3 is 0 Å². The first kappa shape index (κ1) is 15.5. The molecule has 3 nitrogen and oxygen atoms in total. The summed E-state index contributed by atoms with van der Waals surface area (Å²) in [6, 6.07) is 8.78. The average Bonchev–Trinajstić information content (AvgIpc) is 2.56. The molecule has 120 valence electrons. The molecule has 1 amide bonds. The van der Waals surface area contributed by atoms with Crippen LogP contribution in [0.5, 0.6) is 0 Å². The summed E-state index contributed by atoms with van der Waals surface area (Å²) in [7, 11) is 0. The number of hydrogen-bond donors (Lipinski definition) is 2. The molecular formula is C19H28N2O. The van der Waals surface area contributed by atoms with Gasteiger partial charge in [0.15, 0.2) is 0 Å². The van der Waals surface area contributed by atoms with Gasteiger partial charge in [0.05, 0.1) is 6.04 Å². The number of carbonyl (C=O) groups is 1. The number of benzene rings is 1. The van der Waals surface area contributed by atoms with E-state index in [1.54, 1.807) is 0 Å². The van der Waals surface area contributed by atoms with Gasteiger partial charge in [-0.15, -0.1) is 0 Å². The Kier molecular flexibility index (Phi) is 5.14. The van der Waals surface area contributed by atoms with E-state index in [0.717, 1.165) is 25.9 Å². The molecule has 0 saturated carbocycles. The molecule has 1 aromatic rings. The maximum absolute atomic E-state index is 12.4. The third-order valence-corrected chi connectivity index (χ3v) is 5.40. The minimum atomic E-state index is 0.220. The second-order valence-corrected chi connectivity index (χ2v) is 6.98. The van der Waals surface area contributed by atoms with Crippen LogP contribution in [-0.2, 0) is 11.2 Å². The van der Waals surface area contributed by atoms with Crippen LogP contribution in [0.4, 0.5) is 0 Å². The molecule has 1 heterocycles. The molecule has 0 radical (unpaired) electrons. The summed E-state index contributed by atoms with van der Waals surface area (Å²) >= 11 is 0. The van der Waals surface area contributed by atoms with Gasteiger partial charge in [0.1, 0.15) is 0 Å². The van der Waals surface area contributed by atoms with Crippen molar-refractivity contribution in [2.45, 2.75) is 51.5 Å². The maximum Gasteiger partial charge on any atom is 0.220 e. The van der Waals surface area contributed by atoms with Crippen LogP contribution in [-0.4, -0.2) is 19.0 Å². The number of hydrogen-bond acceptors (Lipinski definition) is 2. The van der Waals surface area contributed by atoms with E-state index in [4.69, 9.17) is 0 Å². The average molecular weight is 300 g/mol. The van der Waals surface area contributed by atoms with Crippen molar-refractivity contribution in [3.63, 3.8) is 0 Å². The molecule has 1 fully saturated rings. The fourth-order valence-electron chi connectivity index (χ4n) is 4.03. The lowest BCUT2D eigenvalue weighted by molar-refractivity contribution is -0.123. The second kappa shape index (κ2) is 7.28. The van der Waals surface area contributed by atoms with Crippen molar-refractivity contribution in [3.8, 4) is 0 Å². The second-order valence-electron chi connectivity index (χ2n) is 6.98. The van der Waals surface area contributed by atoms with Gasteiger partial charge in [-0.25, -0.2) is 0 Å².